The molecule has 0 spiro atoms. The molecule has 104 valence electrons. The summed E-state index contributed by atoms with van der Waals surface area (Å²) in [7, 11) is 0. The third-order valence-corrected chi connectivity index (χ3v) is 3.85. The summed E-state index contributed by atoms with van der Waals surface area (Å²) in [5, 5.41) is 3.62. The molecule has 1 unspecified atom stereocenters. The van der Waals surface area contributed by atoms with Crippen LogP contribution in [0.4, 0.5) is 0 Å². The van der Waals surface area contributed by atoms with E-state index in [-0.39, 0.29) is 0 Å². The lowest BCUT2D eigenvalue weighted by Gasteiger charge is -2.16. The highest BCUT2D eigenvalue weighted by atomic mass is 15.0. The van der Waals surface area contributed by atoms with Crippen LogP contribution < -0.4 is 5.32 Å². The van der Waals surface area contributed by atoms with Crippen LogP contribution in [0.1, 0.15) is 65.0 Å². The standard InChI is InChI=1S/C16H30N2/c1-5-10-17-16(8-4)15-9-11-18(13-15)12-14(6-2)7-3/h9,11,13-14,16-17H,5-8,10,12H2,1-4H3. The number of nitrogens with zero attached hydrogens (tertiary/aromatic N) is 1. The van der Waals surface area contributed by atoms with Crippen molar-refractivity contribution in [3.8, 4) is 0 Å². The van der Waals surface area contributed by atoms with Crippen molar-refractivity contribution in [2.45, 2.75) is 66.0 Å². The van der Waals surface area contributed by atoms with Crippen LogP contribution in [0.25, 0.3) is 0 Å². The molecule has 0 saturated carbocycles. The molecule has 0 fully saturated rings. The lowest BCUT2D eigenvalue weighted by atomic mass is 10.0. The van der Waals surface area contributed by atoms with E-state index in [0.717, 1.165) is 25.4 Å². The molecule has 0 bridgehead atoms. The molecule has 18 heavy (non-hydrogen) atoms. The number of hydrogen-bond acceptors (Lipinski definition) is 1. The van der Waals surface area contributed by atoms with Crippen molar-refractivity contribution in [3.05, 3.63) is 24.0 Å². The smallest absolute Gasteiger partial charge is 0.0332 e. The van der Waals surface area contributed by atoms with E-state index < -0.39 is 0 Å². The first-order valence-corrected chi connectivity index (χ1v) is 7.64. The molecule has 0 aliphatic heterocycles. The van der Waals surface area contributed by atoms with E-state index in [2.05, 4.69) is 56.0 Å². The second kappa shape index (κ2) is 8.36. The van der Waals surface area contributed by atoms with Gasteiger partial charge in [-0.3, -0.25) is 0 Å². The normalized spacial score (nSPS) is 13.2. The SMILES string of the molecule is CCCNC(CC)c1ccn(CC(CC)CC)c1. The van der Waals surface area contributed by atoms with Crippen molar-refractivity contribution in [1.82, 2.24) is 9.88 Å². The Morgan fingerprint density at radius 1 is 1.11 bits per heavy atom. The minimum Gasteiger partial charge on any atom is -0.354 e. The monoisotopic (exact) mass is 250 g/mol. The van der Waals surface area contributed by atoms with Crippen LogP contribution in [-0.2, 0) is 6.54 Å². The molecule has 1 rings (SSSR count). The first kappa shape index (κ1) is 15.3. The maximum Gasteiger partial charge on any atom is 0.0332 e. The quantitative estimate of drug-likeness (QED) is 0.688. The van der Waals surface area contributed by atoms with Crippen LogP contribution in [0.5, 0.6) is 0 Å². The van der Waals surface area contributed by atoms with Crippen molar-refractivity contribution in [2.24, 2.45) is 5.92 Å². The second-order valence-corrected chi connectivity index (χ2v) is 5.24. The van der Waals surface area contributed by atoms with Gasteiger partial charge in [0.2, 0.25) is 0 Å². The van der Waals surface area contributed by atoms with Gasteiger partial charge in [0, 0.05) is 25.0 Å². The van der Waals surface area contributed by atoms with Gasteiger partial charge in [-0.25, -0.2) is 0 Å². The fourth-order valence-electron chi connectivity index (χ4n) is 2.44. The highest BCUT2D eigenvalue weighted by Crippen LogP contribution is 2.19. The Morgan fingerprint density at radius 3 is 2.39 bits per heavy atom. The predicted molar refractivity (Wildman–Crippen MR) is 79.8 cm³/mol. The number of hydrogen-bond donors (Lipinski definition) is 1. The third-order valence-electron chi connectivity index (χ3n) is 3.85. The Hall–Kier alpha value is -0.760. The van der Waals surface area contributed by atoms with Gasteiger partial charge in [-0.15, -0.1) is 0 Å². The summed E-state index contributed by atoms with van der Waals surface area (Å²) in [6.45, 7) is 11.3. The molecule has 0 aromatic carbocycles. The molecule has 1 heterocycles. The second-order valence-electron chi connectivity index (χ2n) is 5.24. The molecule has 1 N–H and O–H groups in total. The predicted octanol–water partition coefficient (Wildman–Crippen LogP) is 4.38. The van der Waals surface area contributed by atoms with Crippen molar-refractivity contribution < 1.29 is 0 Å². The summed E-state index contributed by atoms with van der Waals surface area (Å²) in [6, 6.07) is 2.80. The van der Waals surface area contributed by atoms with Crippen molar-refractivity contribution >= 4 is 0 Å². The molecule has 0 aliphatic rings. The number of nitrogens with one attached hydrogen (secondary N) is 1. The largest absolute Gasteiger partial charge is 0.354 e. The van der Waals surface area contributed by atoms with E-state index in [0.29, 0.717) is 6.04 Å². The lowest BCUT2D eigenvalue weighted by molar-refractivity contribution is 0.418. The van der Waals surface area contributed by atoms with Crippen LogP contribution in [-0.4, -0.2) is 11.1 Å². The topological polar surface area (TPSA) is 17.0 Å². The Morgan fingerprint density at radius 2 is 1.83 bits per heavy atom. The Labute approximate surface area is 113 Å². The summed E-state index contributed by atoms with van der Waals surface area (Å²) in [6.07, 6.45) is 9.48. The zero-order chi connectivity index (χ0) is 13.4. The number of rotatable bonds is 9. The summed E-state index contributed by atoms with van der Waals surface area (Å²) < 4.78 is 2.36. The molecule has 2 heteroatoms. The Balaban J connectivity index is 2.60. The summed E-state index contributed by atoms with van der Waals surface area (Å²) in [4.78, 5) is 0. The third kappa shape index (κ3) is 4.49. The van der Waals surface area contributed by atoms with Gasteiger partial charge in [-0.2, -0.15) is 0 Å². The molecule has 2 nitrogen and oxygen atoms in total. The average molecular weight is 250 g/mol. The van der Waals surface area contributed by atoms with E-state index in [4.69, 9.17) is 0 Å². The summed E-state index contributed by atoms with van der Waals surface area (Å²) >= 11 is 0. The van der Waals surface area contributed by atoms with E-state index in [1.807, 2.05) is 0 Å². The minimum atomic E-state index is 0.521. The summed E-state index contributed by atoms with van der Waals surface area (Å²) in [5.41, 5.74) is 1.44. The van der Waals surface area contributed by atoms with Gasteiger partial charge in [0.25, 0.3) is 0 Å². The van der Waals surface area contributed by atoms with Gasteiger partial charge < -0.3 is 9.88 Å². The fourth-order valence-corrected chi connectivity index (χ4v) is 2.44. The Bertz CT molecular complexity index is 313. The first-order chi connectivity index (χ1) is 8.74. The van der Waals surface area contributed by atoms with Gasteiger partial charge in [-0.05, 0) is 36.9 Å². The van der Waals surface area contributed by atoms with Gasteiger partial charge in [0.15, 0.2) is 0 Å². The average Bonchev–Trinajstić information content (AvgIpc) is 2.85. The van der Waals surface area contributed by atoms with Gasteiger partial charge in [0.1, 0.15) is 0 Å². The maximum absolute atomic E-state index is 3.62. The zero-order valence-electron chi connectivity index (χ0n) is 12.6. The Kier molecular flexibility index (Phi) is 7.11. The van der Waals surface area contributed by atoms with Crippen LogP contribution in [0.2, 0.25) is 0 Å². The molecule has 1 aromatic rings. The van der Waals surface area contributed by atoms with Crippen LogP contribution in [0.3, 0.4) is 0 Å². The zero-order valence-corrected chi connectivity index (χ0v) is 12.6. The highest BCUT2D eigenvalue weighted by molar-refractivity contribution is 5.15. The fraction of sp³-hybridized carbons (Fsp3) is 0.750. The van der Waals surface area contributed by atoms with E-state index in [1.165, 1.54) is 24.8 Å². The molecule has 1 atom stereocenters. The molecule has 0 saturated heterocycles. The maximum atomic E-state index is 3.62. The first-order valence-electron chi connectivity index (χ1n) is 7.64. The molecule has 1 aromatic heterocycles. The van der Waals surface area contributed by atoms with E-state index in [9.17, 15) is 0 Å². The van der Waals surface area contributed by atoms with Crippen LogP contribution in [0, 0.1) is 5.92 Å². The van der Waals surface area contributed by atoms with Gasteiger partial charge in [-0.1, -0.05) is 40.5 Å². The van der Waals surface area contributed by atoms with Crippen molar-refractivity contribution in [3.63, 3.8) is 0 Å². The molecule has 0 radical (unpaired) electrons. The molecule has 0 aliphatic carbocycles. The molecule has 0 amide bonds. The van der Waals surface area contributed by atoms with Gasteiger partial charge >= 0.3 is 0 Å². The van der Waals surface area contributed by atoms with E-state index >= 15 is 0 Å². The van der Waals surface area contributed by atoms with E-state index in [1.54, 1.807) is 0 Å². The van der Waals surface area contributed by atoms with Crippen molar-refractivity contribution in [1.29, 1.82) is 0 Å². The molecular weight excluding hydrogens is 220 g/mol. The summed E-state index contributed by atoms with van der Waals surface area (Å²) in [5.74, 6) is 0.814. The van der Waals surface area contributed by atoms with Crippen molar-refractivity contribution in [2.75, 3.05) is 6.54 Å². The van der Waals surface area contributed by atoms with Gasteiger partial charge in [0.05, 0.1) is 0 Å². The molecular formula is C16H30N2. The minimum absolute atomic E-state index is 0.521. The van der Waals surface area contributed by atoms with Crippen LogP contribution in [0.15, 0.2) is 18.5 Å². The number of aromatic nitrogens is 1. The lowest BCUT2D eigenvalue weighted by Crippen LogP contribution is -2.21. The van der Waals surface area contributed by atoms with Crippen LogP contribution >= 0.6 is 0 Å². The highest BCUT2D eigenvalue weighted by Gasteiger charge is 2.10.